The largest absolute Gasteiger partial charge is 0.502 e. The number of methoxy groups -OCH3 is 1. The molecule has 3 aromatic rings. The van der Waals surface area contributed by atoms with Gasteiger partial charge in [0.25, 0.3) is 5.91 Å². The van der Waals surface area contributed by atoms with E-state index in [1.807, 2.05) is 35.3 Å². The summed E-state index contributed by atoms with van der Waals surface area (Å²) >= 11 is 0. The summed E-state index contributed by atoms with van der Waals surface area (Å²) < 4.78 is 27.4. The Kier molecular flexibility index (Phi) is 5.26. The van der Waals surface area contributed by atoms with Gasteiger partial charge in [0, 0.05) is 37.0 Å². The molecule has 0 bridgehead atoms. The maximum atomic E-state index is 14.9. The second kappa shape index (κ2) is 8.25. The van der Waals surface area contributed by atoms with Crippen LogP contribution in [0.15, 0.2) is 59.5 Å². The summed E-state index contributed by atoms with van der Waals surface area (Å²) in [5.41, 5.74) is 1.05. The van der Waals surface area contributed by atoms with Gasteiger partial charge < -0.3 is 19.5 Å². The smallest absolute Gasteiger partial charge is 0.277 e. The van der Waals surface area contributed by atoms with Gasteiger partial charge in [0.05, 0.1) is 6.61 Å². The fourth-order valence-corrected chi connectivity index (χ4v) is 4.43. The quantitative estimate of drug-likeness (QED) is 0.656. The molecule has 0 saturated carbocycles. The van der Waals surface area contributed by atoms with Crippen molar-refractivity contribution in [3.05, 3.63) is 93.2 Å². The monoisotopic (exact) mass is 451 g/mol. The van der Waals surface area contributed by atoms with Crippen LogP contribution >= 0.6 is 0 Å². The number of pyridine rings is 1. The molecular formula is C24H22FN3O5. The second-order valence-corrected chi connectivity index (χ2v) is 7.90. The first-order chi connectivity index (χ1) is 16.0. The molecule has 0 radical (unpaired) electrons. The van der Waals surface area contributed by atoms with Gasteiger partial charge in [0.15, 0.2) is 11.4 Å². The van der Waals surface area contributed by atoms with E-state index < -0.39 is 28.9 Å². The zero-order valence-electron chi connectivity index (χ0n) is 17.9. The highest BCUT2D eigenvalue weighted by Crippen LogP contribution is 2.41. The number of hydrogen-bond acceptors (Lipinski definition) is 6. The molecule has 5 rings (SSSR count). The van der Waals surface area contributed by atoms with Crippen molar-refractivity contribution in [3.63, 3.8) is 0 Å². The molecule has 170 valence electrons. The van der Waals surface area contributed by atoms with Crippen LogP contribution in [0.2, 0.25) is 0 Å². The molecule has 9 heteroatoms. The highest BCUT2D eigenvalue weighted by molar-refractivity contribution is 5.96. The number of rotatable bonds is 4. The number of aromatic hydroxyl groups is 1. The van der Waals surface area contributed by atoms with Crippen molar-refractivity contribution in [2.24, 2.45) is 0 Å². The molecule has 1 atom stereocenters. The second-order valence-electron chi connectivity index (χ2n) is 7.90. The number of carbonyl (C=O) groups excluding carboxylic acids is 1. The summed E-state index contributed by atoms with van der Waals surface area (Å²) in [4.78, 5) is 26.9. The number of para-hydroxylation sites is 1. The van der Waals surface area contributed by atoms with Crippen LogP contribution in [0.1, 0.15) is 33.2 Å². The van der Waals surface area contributed by atoms with Gasteiger partial charge in [-0.2, -0.15) is 0 Å². The number of carbonyl (C=O) groups is 1. The van der Waals surface area contributed by atoms with E-state index in [4.69, 9.17) is 9.47 Å². The average Bonchev–Trinajstić information content (AvgIpc) is 2.98. The lowest BCUT2D eigenvalue weighted by atomic mass is 9.94. The van der Waals surface area contributed by atoms with Crippen LogP contribution < -0.4 is 15.2 Å². The predicted molar refractivity (Wildman–Crippen MR) is 117 cm³/mol. The third-order valence-electron chi connectivity index (χ3n) is 6.03. The molecule has 1 aromatic heterocycles. The maximum absolute atomic E-state index is 14.9. The number of amides is 1. The number of aromatic nitrogens is 1. The lowest BCUT2D eigenvalue weighted by molar-refractivity contribution is 0.0614. The van der Waals surface area contributed by atoms with E-state index in [-0.39, 0.29) is 32.1 Å². The van der Waals surface area contributed by atoms with Crippen LogP contribution in [0.3, 0.4) is 0 Å². The molecule has 1 amide bonds. The van der Waals surface area contributed by atoms with Crippen molar-refractivity contribution in [1.82, 2.24) is 9.58 Å². The number of benzene rings is 2. The van der Waals surface area contributed by atoms with Crippen LogP contribution in [-0.4, -0.2) is 47.5 Å². The highest BCUT2D eigenvalue weighted by Gasteiger charge is 2.39. The summed E-state index contributed by atoms with van der Waals surface area (Å²) in [6, 6.07) is 12.9. The fraction of sp³-hybridized carbons (Fsp3) is 0.250. The molecule has 3 heterocycles. The normalized spacial score (nSPS) is 17.0. The standard InChI is InChI=1S/C24H22FN3O5/c1-32-12-11-26-14-28(27-10-9-19(29)23(30)22(27)24(26)31)21-15-6-4-7-18(25)17(15)13-33-20-8-3-2-5-16(20)21/h2-10,21,30H,11-14H2,1H3. The van der Waals surface area contributed by atoms with Crippen molar-refractivity contribution in [3.8, 4) is 11.5 Å². The van der Waals surface area contributed by atoms with Crippen molar-refractivity contribution >= 4 is 5.91 Å². The van der Waals surface area contributed by atoms with Gasteiger partial charge in [-0.25, -0.2) is 4.39 Å². The van der Waals surface area contributed by atoms with E-state index in [1.54, 1.807) is 6.07 Å². The van der Waals surface area contributed by atoms with Gasteiger partial charge in [-0.05, 0) is 17.7 Å². The molecule has 1 unspecified atom stereocenters. The minimum absolute atomic E-state index is 0.0535. The van der Waals surface area contributed by atoms with Gasteiger partial charge in [0.1, 0.15) is 30.9 Å². The molecule has 2 aromatic carbocycles. The third kappa shape index (κ3) is 3.41. The van der Waals surface area contributed by atoms with Crippen LogP contribution in [0, 0.1) is 5.82 Å². The minimum atomic E-state index is -0.654. The molecule has 1 N–H and O–H groups in total. The predicted octanol–water partition coefficient (Wildman–Crippen LogP) is 2.37. The van der Waals surface area contributed by atoms with E-state index in [1.165, 1.54) is 35.0 Å². The number of nitrogens with zero attached hydrogens (tertiary/aromatic N) is 3. The number of ether oxygens (including phenoxy) is 2. The molecule has 2 aliphatic rings. The van der Waals surface area contributed by atoms with Crippen LogP contribution in [0.4, 0.5) is 4.39 Å². The Labute approximate surface area is 189 Å². The summed E-state index contributed by atoms with van der Waals surface area (Å²) in [5, 5.41) is 12.4. The summed E-state index contributed by atoms with van der Waals surface area (Å²) in [5.74, 6) is -0.925. The first-order valence-electron chi connectivity index (χ1n) is 10.5. The molecule has 0 aliphatic carbocycles. The van der Waals surface area contributed by atoms with Crippen LogP contribution in [0.25, 0.3) is 0 Å². The summed E-state index contributed by atoms with van der Waals surface area (Å²) in [6.45, 7) is 0.687. The Bertz CT molecular complexity index is 1290. The average molecular weight is 451 g/mol. The summed E-state index contributed by atoms with van der Waals surface area (Å²) in [6.07, 6.45) is 1.45. The first kappa shape index (κ1) is 21.0. The lowest BCUT2D eigenvalue weighted by Gasteiger charge is -2.44. The molecule has 2 aliphatic heterocycles. The van der Waals surface area contributed by atoms with E-state index in [9.17, 15) is 19.1 Å². The molecule has 0 fully saturated rings. The van der Waals surface area contributed by atoms with Crippen molar-refractivity contribution in [2.45, 2.75) is 12.6 Å². The Morgan fingerprint density at radius 2 is 1.91 bits per heavy atom. The Balaban J connectivity index is 1.76. The van der Waals surface area contributed by atoms with Gasteiger partial charge in [-0.1, -0.05) is 30.3 Å². The maximum Gasteiger partial charge on any atom is 0.277 e. The van der Waals surface area contributed by atoms with Crippen LogP contribution in [0.5, 0.6) is 11.5 Å². The lowest BCUT2D eigenvalue weighted by Crippen LogP contribution is -2.56. The molecule has 33 heavy (non-hydrogen) atoms. The Hall–Kier alpha value is -3.85. The summed E-state index contributed by atoms with van der Waals surface area (Å²) in [7, 11) is 1.53. The van der Waals surface area contributed by atoms with E-state index in [2.05, 4.69) is 0 Å². The molecule has 0 saturated heterocycles. The third-order valence-corrected chi connectivity index (χ3v) is 6.03. The topological polar surface area (TPSA) is 84.2 Å². The van der Waals surface area contributed by atoms with Gasteiger partial charge in [0.2, 0.25) is 5.43 Å². The van der Waals surface area contributed by atoms with Crippen LogP contribution in [-0.2, 0) is 11.3 Å². The molecular weight excluding hydrogens is 429 g/mol. The zero-order chi connectivity index (χ0) is 23.1. The highest BCUT2D eigenvalue weighted by atomic mass is 19.1. The van der Waals surface area contributed by atoms with Gasteiger partial charge in [-0.3, -0.25) is 19.3 Å². The SMILES string of the molecule is COCCN1CN(C2c3ccccc3OCc3c(F)cccc32)n2ccc(=O)c(O)c2C1=O. The van der Waals surface area contributed by atoms with Gasteiger partial charge in [-0.15, -0.1) is 0 Å². The number of halogens is 1. The molecule has 0 spiro atoms. The van der Waals surface area contributed by atoms with Crippen molar-refractivity contribution < 1.29 is 23.8 Å². The fourth-order valence-electron chi connectivity index (χ4n) is 4.43. The van der Waals surface area contributed by atoms with Crippen molar-refractivity contribution in [1.29, 1.82) is 0 Å². The number of hydrogen-bond donors (Lipinski definition) is 1. The van der Waals surface area contributed by atoms with E-state index >= 15 is 0 Å². The minimum Gasteiger partial charge on any atom is -0.502 e. The van der Waals surface area contributed by atoms with Crippen molar-refractivity contribution in [2.75, 3.05) is 31.9 Å². The first-order valence-corrected chi connectivity index (χ1v) is 10.5. The van der Waals surface area contributed by atoms with Gasteiger partial charge >= 0.3 is 0 Å². The van der Waals surface area contributed by atoms with E-state index in [0.717, 1.165) is 5.56 Å². The Morgan fingerprint density at radius 3 is 2.73 bits per heavy atom. The molecule has 8 nitrogen and oxygen atoms in total. The number of fused-ring (bicyclic) bond motifs is 3. The zero-order valence-corrected chi connectivity index (χ0v) is 17.9. The van der Waals surface area contributed by atoms with E-state index in [0.29, 0.717) is 16.9 Å². The Morgan fingerprint density at radius 1 is 1.12 bits per heavy atom.